The summed E-state index contributed by atoms with van der Waals surface area (Å²) >= 11 is 0. The van der Waals surface area contributed by atoms with E-state index in [1.54, 1.807) is 32.0 Å². The first-order chi connectivity index (χ1) is 16.4. The molecule has 0 unspecified atom stereocenters. The summed E-state index contributed by atoms with van der Waals surface area (Å²) in [5.41, 5.74) is 5.46. The van der Waals surface area contributed by atoms with Gasteiger partial charge in [-0.15, -0.1) is 0 Å². The van der Waals surface area contributed by atoms with Gasteiger partial charge in [0.2, 0.25) is 0 Å². The number of nitrogens with zero attached hydrogens (tertiary/aromatic N) is 2. The third-order valence-electron chi connectivity index (χ3n) is 6.21. The van der Waals surface area contributed by atoms with Crippen LogP contribution in [0, 0.1) is 6.92 Å². The summed E-state index contributed by atoms with van der Waals surface area (Å²) in [7, 11) is -3.29. The van der Waals surface area contributed by atoms with Crippen LogP contribution in [-0.2, 0) is 15.4 Å². The average molecular weight is 489 g/mol. The summed E-state index contributed by atoms with van der Waals surface area (Å²) in [6.45, 7) is 9.83. The van der Waals surface area contributed by atoms with Crippen LogP contribution in [0.25, 0.3) is 28.2 Å². The Morgan fingerprint density at radius 1 is 0.943 bits per heavy atom. The predicted octanol–water partition coefficient (Wildman–Crippen LogP) is 6.27. The quantitative estimate of drug-likeness (QED) is 0.347. The molecule has 0 spiro atoms. The van der Waals surface area contributed by atoms with E-state index in [9.17, 15) is 13.5 Å². The molecule has 1 N–H and O–H groups in total. The minimum atomic E-state index is -3.29. The number of hydrogen-bond donors (Lipinski definition) is 1. The van der Waals surface area contributed by atoms with E-state index in [0.29, 0.717) is 16.5 Å². The molecule has 5 nitrogen and oxygen atoms in total. The molecule has 3 aromatic carbocycles. The summed E-state index contributed by atoms with van der Waals surface area (Å²) in [4.78, 5) is 5.18. The Labute approximate surface area is 208 Å². The summed E-state index contributed by atoms with van der Waals surface area (Å²) < 4.78 is 26.1. The topological polar surface area (TPSA) is 72.2 Å². The molecule has 35 heavy (non-hydrogen) atoms. The van der Waals surface area contributed by atoms with E-state index in [4.69, 9.17) is 4.98 Å². The maximum Gasteiger partial charge on any atom is 0.175 e. The lowest BCUT2D eigenvalue weighted by atomic mass is 9.96. The number of imidazole rings is 1. The Morgan fingerprint density at radius 3 is 2.26 bits per heavy atom. The third-order valence-corrected chi connectivity index (χ3v) is 7.32. The van der Waals surface area contributed by atoms with Gasteiger partial charge in [-0.1, -0.05) is 56.3 Å². The molecular weight excluding hydrogens is 456 g/mol. The minimum Gasteiger partial charge on any atom is -0.384 e. The number of hydrogen-bond acceptors (Lipinski definition) is 4. The first kappa shape index (κ1) is 24.9. The number of rotatable bonds is 6. The highest BCUT2D eigenvalue weighted by molar-refractivity contribution is 7.90. The molecule has 6 heteroatoms. The molecule has 4 aromatic rings. The van der Waals surface area contributed by atoms with Crippen molar-refractivity contribution in [1.29, 1.82) is 0 Å². The first-order valence-electron chi connectivity index (χ1n) is 11.7. The second-order valence-corrected chi connectivity index (χ2v) is 11.9. The maximum atomic E-state index is 12.0. The number of aliphatic hydroxyl groups is 1. The van der Waals surface area contributed by atoms with E-state index in [0.717, 1.165) is 33.8 Å². The fourth-order valence-electron chi connectivity index (χ4n) is 4.26. The van der Waals surface area contributed by atoms with Crippen molar-refractivity contribution in [3.63, 3.8) is 0 Å². The fourth-order valence-corrected chi connectivity index (χ4v) is 4.93. The van der Waals surface area contributed by atoms with Crippen LogP contribution in [0.15, 0.2) is 77.8 Å². The zero-order chi connectivity index (χ0) is 25.5. The summed E-state index contributed by atoms with van der Waals surface area (Å²) in [5.74, 6) is 1.09. The standard InChI is InChI=1S/C29H32N2O3S/c1-19(2)24-12-7-8-13-25(24)28-30-27(29(4,5)32)18-31(28)26-15-14-22(16-20(26)3)21-10-9-11-23(17-21)35(6,33)34/h7-19,32H,1-6H3. The van der Waals surface area contributed by atoms with Gasteiger partial charge in [-0.3, -0.25) is 4.57 Å². The van der Waals surface area contributed by atoms with E-state index >= 15 is 0 Å². The van der Waals surface area contributed by atoms with Crippen molar-refractivity contribution in [2.45, 2.75) is 51.0 Å². The van der Waals surface area contributed by atoms with Crippen LogP contribution in [0.5, 0.6) is 0 Å². The van der Waals surface area contributed by atoms with E-state index in [2.05, 4.69) is 32.0 Å². The van der Waals surface area contributed by atoms with Gasteiger partial charge in [-0.05, 0) is 73.2 Å². The van der Waals surface area contributed by atoms with Gasteiger partial charge in [0.1, 0.15) is 11.4 Å². The average Bonchev–Trinajstić information content (AvgIpc) is 3.24. The lowest BCUT2D eigenvalue weighted by Gasteiger charge is -2.16. The number of aromatic nitrogens is 2. The Bertz CT molecular complexity index is 1490. The molecule has 0 fully saturated rings. The summed E-state index contributed by atoms with van der Waals surface area (Å²) in [6.07, 6.45) is 3.12. The van der Waals surface area contributed by atoms with Crippen LogP contribution in [0.3, 0.4) is 0 Å². The van der Waals surface area contributed by atoms with Crippen molar-refractivity contribution in [1.82, 2.24) is 9.55 Å². The molecule has 182 valence electrons. The van der Waals surface area contributed by atoms with E-state index in [1.807, 2.05) is 48.0 Å². The van der Waals surface area contributed by atoms with Crippen molar-refractivity contribution in [3.8, 4) is 28.2 Å². The maximum absolute atomic E-state index is 12.0. The van der Waals surface area contributed by atoms with E-state index in [1.165, 1.54) is 11.8 Å². The smallest absolute Gasteiger partial charge is 0.175 e. The first-order valence-corrected chi connectivity index (χ1v) is 13.6. The lowest BCUT2D eigenvalue weighted by Crippen LogP contribution is -2.15. The SMILES string of the molecule is Cc1cc(-c2cccc(S(C)(=O)=O)c2)ccc1-n1cc(C(C)(C)O)nc1-c1ccccc1C(C)C. The zero-order valence-electron chi connectivity index (χ0n) is 21.1. The molecule has 4 rings (SSSR count). The van der Waals surface area contributed by atoms with Crippen molar-refractivity contribution in [2.75, 3.05) is 6.26 Å². The van der Waals surface area contributed by atoms with Crippen LogP contribution in [-0.4, -0.2) is 29.3 Å². The van der Waals surface area contributed by atoms with Crippen LogP contribution >= 0.6 is 0 Å². The molecular formula is C29H32N2O3S. The fraction of sp³-hybridized carbons (Fsp3) is 0.276. The lowest BCUT2D eigenvalue weighted by molar-refractivity contribution is 0.0743. The van der Waals surface area contributed by atoms with Gasteiger partial charge < -0.3 is 5.11 Å². The largest absolute Gasteiger partial charge is 0.384 e. The van der Waals surface area contributed by atoms with E-state index < -0.39 is 15.4 Å². The van der Waals surface area contributed by atoms with Gasteiger partial charge >= 0.3 is 0 Å². The summed E-state index contributed by atoms with van der Waals surface area (Å²) in [6, 6.07) is 21.3. The van der Waals surface area contributed by atoms with Gasteiger partial charge in [0.15, 0.2) is 9.84 Å². The molecule has 0 aliphatic rings. The Hall–Kier alpha value is -3.22. The molecule has 0 aliphatic carbocycles. The molecule has 0 radical (unpaired) electrons. The molecule has 0 aliphatic heterocycles. The predicted molar refractivity (Wildman–Crippen MR) is 142 cm³/mol. The van der Waals surface area contributed by atoms with Crippen molar-refractivity contribution in [2.24, 2.45) is 0 Å². The van der Waals surface area contributed by atoms with Gasteiger partial charge in [0.05, 0.1) is 16.3 Å². The normalized spacial score (nSPS) is 12.3. The zero-order valence-corrected chi connectivity index (χ0v) is 21.9. The highest BCUT2D eigenvalue weighted by atomic mass is 32.2. The Kier molecular flexibility index (Phi) is 6.47. The highest BCUT2D eigenvalue weighted by Crippen LogP contribution is 2.34. The third kappa shape index (κ3) is 5.09. The molecule has 0 atom stereocenters. The number of aryl methyl sites for hydroxylation is 1. The van der Waals surface area contributed by atoms with Gasteiger partial charge in [0.25, 0.3) is 0 Å². The van der Waals surface area contributed by atoms with Crippen LogP contribution in [0.1, 0.15) is 50.4 Å². The number of sulfone groups is 1. The van der Waals surface area contributed by atoms with Crippen LogP contribution < -0.4 is 0 Å². The van der Waals surface area contributed by atoms with Crippen molar-refractivity contribution >= 4 is 9.84 Å². The second kappa shape index (κ2) is 9.10. The van der Waals surface area contributed by atoms with E-state index in [-0.39, 0.29) is 0 Å². The van der Waals surface area contributed by atoms with Crippen molar-refractivity contribution < 1.29 is 13.5 Å². The van der Waals surface area contributed by atoms with Crippen molar-refractivity contribution in [3.05, 3.63) is 89.7 Å². The van der Waals surface area contributed by atoms with Crippen LogP contribution in [0.4, 0.5) is 0 Å². The minimum absolute atomic E-state index is 0.300. The molecule has 0 saturated carbocycles. The van der Waals surface area contributed by atoms with Gasteiger partial charge in [0, 0.05) is 18.0 Å². The molecule has 0 amide bonds. The highest BCUT2D eigenvalue weighted by Gasteiger charge is 2.25. The second-order valence-electron chi connectivity index (χ2n) is 9.92. The molecule has 1 aromatic heterocycles. The Morgan fingerprint density at radius 2 is 1.63 bits per heavy atom. The summed E-state index contributed by atoms with van der Waals surface area (Å²) in [5, 5.41) is 10.7. The molecule has 0 saturated heterocycles. The monoisotopic (exact) mass is 488 g/mol. The molecule has 0 bridgehead atoms. The van der Waals surface area contributed by atoms with Gasteiger partial charge in [-0.2, -0.15) is 0 Å². The van der Waals surface area contributed by atoms with Crippen LogP contribution in [0.2, 0.25) is 0 Å². The Balaban J connectivity index is 1.88. The van der Waals surface area contributed by atoms with Gasteiger partial charge in [-0.25, -0.2) is 13.4 Å². The molecule has 1 heterocycles. The number of benzene rings is 3.